The molecule has 0 aliphatic carbocycles. The van der Waals surface area contributed by atoms with Crippen molar-refractivity contribution in [2.24, 2.45) is 5.92 Å². The summed E-state index contributed by atoms with van der Waals surface area (Å²) in [7, 11) is 0. The van der Waals surface area contributed by atoms with Crippen molar-refractivity contribution in [2.45, 2.75) is 33.4 Å². The number of H-pyrrole nitrogens is 1. The molecule has 3 rings (SSSR count). The smallest absolute Gasteiger partial charge is 0.326 e. The van der Waals surface area contributed by atoms with Crippen LogP contribution in [0.4, 0.5) is 0 Å². The highest BCUT2D eigenvalue weighted by molar-refractivity contribution is 6.10. The summed E-state index contributed by atoms with van der Waals surface area (Å²) < 4.78 is 0. The molecule has 0 saturated heterocycles. The monoisotopic (exact) mass is 287 g/mol. The number of hydrogen-bond acceptors (Lipinski definition) is 3. The lowest BCUT2D eigenvalue weighted by atomic mass is 9.94. The van der Waals surface area contributed by atoms with E-state index in [0.29, 0.717) is 17.8 Å². The van der Waals surface area contributed by atoms with E-state index in [1.165, 1.54) is 4.90 Å². The predicted molar refractivity (Wildman–Crippen MR) is 77.0 cm³/mol. The number of aromatic nitrogens is 2. The molecule has 6 heteroatoms. The number of carbonyl (C=O) groups is 2. The molecule has 2 N–H and O–H groups in total. The van der Waals surface area contributed by atoms with Crippen molar-refractivity contribution >= 4 is 22.9 Å². The number of carbonyl (C=O) groups excluding carboxylic acids is 1. The molecule has 1 aliphatic rings. The number of nitrogens with one attached hydrogen (secondary N) is 1. The number of carboxylic acid groups (broad SMARTS) is 1. The number of carboxylic acids is 1. The lowest BCUT2D eigenvalue weighted by Crippen LogP contribution is -2.49. The maximum absolute atomic E-state index is 12.6. The van der Waals surface area contributed by atoms with Gasteiger partial charge in [0.25, 0.3) is 5.91 Å². The van der Waals surface area contributed by atoms with Crippen LogP contribution in [0.3, 0.4) is 0 Å². The Labute approximate surface area is 121 Å². The van der Waals surface area contributed by atoms with Gasteiger partial charge in [0, 0.05) is 24.3 Å². The van der Waals surface area contributed by atoms with Gasteiger partial charge in [0.2, 0.25) is 0 Å². The SMILES string of the molecule is Cc1cnc2[nH]cc3c2c1CN(C(C(=O)O)C(C)C)C3=O. The Hall–Kier alpha value is -2.37. The molecule has 0 spiro atoms. The minimum Gasteiger partial charge on any atom is -0.480 e. The van der Waals surface area contributed by atoms with Crippen LogP contribution in [0.15, 0.2) is 12.4 Å². The minimum absolute atomic E-state index is 0.162. The Morgan fingerprint density at radius 3 is 2.81 bits per heavy atom. The zero-order valence-electron chi connectivity index (χ0n) is 12.2. The molecular formula is C15H17N3O3. The molecule has 6 nitrogen and oxygen atoms in total. The van der Waals surface area contributed by atoms with E-state index >= 15 is 0 Å². The van der Waals surface area contributed by atoms with Crippen LogP contribution >= 0.6 is 0 Å². The molecule has 1 aliphatic heterocycles. The number of aromatic amines is 1. The van der Waals surface area contributed by atoms with E-state index in [9.17, 15) is 14.7 Å². The number of aryl methyl sites for hydroxylation is 1. The van der Waals surface area contributed by atoms with Gasteiger partial charge in [-0.1, -0.05) is 13.8 Å². The molecule has 0 saturated carbocycles. The van der Waals surface area contributed by atoms with Gasteiger partial charge in [0.15, 0.2) is 0 Å². The van der Waals surface area contributed by atoms with Gasteiger partial charge in [-0.2, -0.15) is 0 Å². The second kappa shape index (κ2) is 4.58. The van der Waals surface area contributed by atoms with E-state index in [1.54, 1.807) is 12.4 Å². The number of hydrogen-bond donors (Lipinski definition) is 2. The molecule has 1 unspecified atom stereocenters. The fraction of sp³-hybridized carbons (Fsp3) is 0.400. The highest BCUT2D eigenvalue weighted by Crippen LogP contribution is 2.32. The number of aliphatic carboxylic acids is 1. The quantitative estimate of drug-likeness (QED) is 0.903. The summed E-state index contributed by atoms with van der Waals surface area (Å²) in [6, 6.07) is -0.830. The van der Waals surface area contributed by atoms with Crippen molar-refractivity contribution in [1.82, 2.24) is 14.9 Å². The fourth-order valence-electron chi connectivity index (χ4n) is 3.03. The lowest BCUT2D eigenvalue weighted by Gasteiger charge is -2.34. The Kier molecular flexibility index (Phi) is 2.97. The number of nitrogens with zero attached hydrogens (tertiary/aromatic N) is 2. The molecule has 0 aromatic carbocycles. The highest BCUT2D eigenvalue weighted by atomic mass is 16.4. The summed E-state index contributed by atoms with van der Waals surface area (Å²) in [5, 5.41) is 10.3. The Morgan fingerprint density at radius 2 is 2.19 bits per heavy atom. The number of pyridine rings is 1. The summed E-state index contributed by atoms with van der Waals surface area (Å²) in [6.07, 6.45) is 3.37. The molecule has 3 heterocycles. The summed E-state index contributed by atoms with van der Waals surface area (Å²) in [5.41, 5.74) is 3.13. The average molecular weight is 287 g/mol. The first-order chi connectivity index (χ1) is 9.91. The maximum atomic E-state index is 12.6. The van der Waals surface area contributed by atoms with Gasteiger partial charge in [-0.05, 0) is 24.0 Å². The zero-order valence-corrected chi connectivity index (χ0v) is 12.2. The molecule has 1 atom stereocenters. The maximum Gasteiger partial charge on any atom is 0.326 e. The second-order valence-electron chi connectivity index (χ2n) is 5.81. The molecule has 2 aromatic heterocycles. The first kappa shape index (κ1) is 13.6. The van der Waals surface area contributed by atoms with Gasteiger partial charge in [-0.15, -0.1) is 0 Å². The molecule has 0 bridgehead atoms. The van der Waals surface area contributed by atoms with Gasteiger partial charge >= 0.3 is 5.97 Å². The molecule has 21 heavy (non-hydrogen) atoms. The largest absolute Gasteiger partial charge is 0.480 e. The Morgan fingerprint density at radius 1 is 1.48 bits per heavy atom. The van der Waals surface area contributed by atoms with Crippen molar-refractivity contribution in [3.8, 4) is 0 Å². The average Bonchev–Trinajstić information content (AvgIpc) is 2.82. The van der Waals surface area contributed by atoms with Crippen LogP contribution in [0.5, 0.6) is 0 Å². The molecule has 0 fully saturated rings. The van der Waals surface area contributed by atoms with Crippen LogP contribution in [-0.2, 0) is 11.3 Å². The number of rotatable bonds is 3. The molecule has 2 aromatic rings. The summed E-state index contributed by atoms with van der Waals surface area (Å²) in [6.45, 7) is 5.86. The first-order valence-corrected chi connectivity index (χ1v) is 6.91. The van der Waals surface area contributed by atoms with Crippen LogP contribution in [0.25, 0.3) is 11.0 Å². The van der Waals surface area contributed by atoms with Crippen molar-refractivity contribution in [1.29, 1.82) is 0 Å². The van der Waals surface area contributed by atoms with Crippen molar-refractivity contribution in [2.75, 3.05) is 0 Å². The molecule has 110 valence electrons. The predicted octanol–water partition coefficient (Wildman–Crippen LogP) is 1.94. The topological polar surface area (TPSA) is 86.3 Å². The van der Waals surface area contributed by atoms with Crippen LogP contribution in [-0.4, -0.2) is 37.9 Å². The van der Waals surface area contributed by atoms with E-state index in [2.05, 4.69) is 9.97 Å². The van der Waals surface area contributed by atoms with Crippen molar-refractivity contribution in [3.05, 3.63) is 29.1 Å². The third-order valence-corrected chi connectivity index (χ3v) is 4.06. The van der Waals surface area contributed by atoms with E-state index in [-0.39, 0.29) is 11.8 Å². The lowest BCUT2D eigenvalue weighted by molar-refractivity contribution is -0.144. The molecular weight excluding hydrogens is 270 g/mol. The van der Waals surface area contributed by atoms with E-state index in [4.69, 9.17) is 0 Å². The molecule has 1 amide bonds. The van der Waals surface area contributed by atoms with Crippen molar-refractivity contribution < 1.29 is 14.7 Å². The fourth-order valence-corrected chi connectivity index (χ4v) is 3.03. The van der Waals surface area contributed by atoms with Crippen LogP contribution in [0.2, 0.25) is 0 Å². The highest BCUT2D eigenvalue weighted by Gasteiger charge is 2.37. The van der Waals surface area contributed by atoms with Crippen LogP contribution in [0, 0.1) is 12.8 Å². The van der Waals surface area contributed by atoms with Gasteiger partial charge in [-0.3, -0.25) is 4.79 Å². The third-order valence-electron chi connectivity index (χ3n) is 4.06. The molecule has 0 radical (unpaired) electrons. The van der Waals surface area contributed by atoms with Gasteiger partial charge in [0.1, 0.15) is 11.7 Å². The Balaban J connectivity index is 2.16. The summed E-state index contributed by atoms with van der Waals surface area (Å²) in [4.78, 5) is 32.9. The third kappa shape index (κ3) is 1.90. The van der Waals surface area contributed by atoms with E-state index < -0.39 is 12.0 Å². The van der Waals surface area contributed by atoms with Crippen LogP contribution < -0.4 is 0 Å². The summed E-state index contributed by atoms with van der Waals surface area (Å²) >= 11 is 0. The Bertz CT molecular complexity index is 748. The standard InChI is InChI=1S/C15H17N3O3/c1-7(2)12(15(20)21)18-6-10-8(3)4-16-13-11(10)9(5-17-13)14(18)19/h4-5,7,12H,6H2,1-3H3,(H,16,17)(H,20,21). The normalized spacial score (nSPS) is 15.8. The second-order valence-corrected chi connectivity index (χ2v) is 5.81. The zero-order chi connectivity index (χ0) is 15.3. The minimum atomic E-state index is -0.972. The van der Waals surface area contributed by atoms with E-state index in [0.717, 1.165) is 16.5 Å². The first-order valence-electron chi connectivity index (χ1n) is 6.91. The van der Waals surface area contributed by atoms with Gasteiger partial charge in [0.05, 0.1) is 5.56 Å². The van der Waals surface area contributed by atoms with Gasteiger partial charge < -0.3 is 15.0 Å². The van der Waals surface area contributed by atoms with Gasteiger partial charge in [-0.25, -0.2) is 9.78 Å². The summed E-state index contributed by atoms with van der Waals surface area (Å²) in [5.74, 6) is -1.38. The van der Waals surface area contributed by atoms with Crippen LogP contribution in [0.1, 0.15) is 35.3 Å². The van der Waals surface area contributed by atoms with Crippen molar-refractivity contribution in [3.63, 3.8) is 0 Å². The number of amides is 1. The van der Waals surface area contributed by atoms with E-state index in [1.807, 2.05) is 20.8 Å².